The first kappa shape index (κ1) is 16.2. The molecular formula is C20H23N3O. The first-order valence-electron chi connectivity index (χ1n) is 8.54. The van der Waals surface area contributed by atoms with Crippen molar-refractivity contribution in [1.82, 2.24) is 14.8 Å². The third-order valence-corrected chi connectivity index (χ3v) is 4.21. The second-order valence-electron chi connectivity index (χ2n) is 5.85. The summed E-state index contributed by atoms with van der Waals surface area (Å²) in [6.45, 7) is 5.15. The maximum atomic E-state index is 10.4. The minimum atomic E-state index is 0.289. The number of aromatic nitrogens is 3. The molecule has 0 radical (unpaired) electrons. The predicted octanol–water partition coefficient (Wildman–Crippen LogP) is 4.68. The fourth-order valence-electron chi connectivity index (χ4n) is 3.00. The van der Waals surface area contributed by atoms with E-state index in [2.05, 4.69) is 23.5 Å². The van der Waals surface area contributed by atoms with Gasteiger partial charge in [0.15, 0.2) is 0 Å². The van der Waals surface area contributed by atoms with Crippen molar-refractivity contribution in [3.63, 3.8) is 0 Å². The first-order chi connectivity index (χ1) is 11.8. The Morgan fingerprint density at radius 1 is 1.04 bits per heavy atom. The van der Waals surface area contributed by atoms with Crippen LogP contribution < -0.4 is 0 Å². The SMILES string of the molecule is CCCCn1nc(CC)c(-c2ccccc2O)c1-c1ccncc1. The van der Waals surface area contributed by atoms with Gasteiger partial charge in [-0.25, -0.2) is 0 Å². The van der Waals surface area contributed by atoms with Crippen LogP contribution in [0.15, 0.2) is 48.8 Å². The lowest BCUT2D eigenvalue weighted by Crippen LogP contribution is -2.03. The van der Waals surface area contributed by atoms with Gasteiger partial charge in [-0.15, -0.1) is 0 Å². The molecule has 0 fully saturated rings. The molecule has 1 aromatic carbocycles. The molecule has 0 aliphatic heterocycles. The summed E-state index contributed by atoms with van der Waals surface area (Å²) in [5.74, 6) is 0.289. The molecule has 0 aliphatic carbocycles. The zero-order valence-electron chi connectivity index (χ0n) is 14.2. The Morgan fingerprint density at radius 3 is 2.46 bits per heavy atom. The lowest BCUT2D eigenvalue weighted by molar-refractivity contribution is 0.477. The number of rotatable bonds is 6. The Bertz CT molecular complexity index is 809. The van der Waals surface area contributed by atoms with E-state index in [0.29, 0.717) is 0 Å². The number of aryl methyl sites for hydroxylation is 2. The van der Waals surface area contributed by atoms with E-state index >= 15 is 0 Å². The number of nitrogens with zero attached hydrogens (tertiary/aromatic N) is 3. The fourth-order valence-corrected chi connectivity index (χ4v) is 3.00. The summed E-state index contributed by atoms with van der Waals surface area (Å²) in [4.78, 5) is 4.13. The summed E-state index contributed by atoms with van der Waals surface area (Å²) < 4.78 is 2.08. The van der Waals surface area contributed by atoms with E-state index in [-0.39, 0.29) is 5.75 Å². The molecule has 0 atom stereocenters. The van der Waals surface area contributed by atoms with E-state index in [1.807, 2.05) is 30.3 Å². The van der Waals surface area contributed by atoms with Crippen LogP contribution in [0.25, 0.3) is 22.4 Å². The van der Waals surface area contributed by atoms with Crippen molar-refractivity contribution in [2.45, 2.75) is 39.7 Å². The lowest BCUT2D eigenvalue weighted by atomic mass is 9.97. The molecule has 0 spiro atoms. The summed E-state index contributed by atoms with van der Waals surface area (Å²) in [5, 5.41) is 15.2. The van der Waals surface area contributed by atoms with Crippen molar-refractivity contribution < 1.29 is 5.11 Å². The molecule has 0 unspecified atom stereocenters. The quantitative estimate of drug-likeness (QED) is 0.717. The number of hydrogen-bond acceptors (Lipinski definition) is 3. The number of phenols is 1. The van der Waals surface area contributed by atoms with Crippen LogP contribution in [0.4, 0.5) is 0 Å². The molecule has 124 valence electrons. The highest BCUT2D eigenvalue weighted by molar-refractivity contribution is 5.85. The molecule has 3 rings (SSSR count). The van der Waals surface area contributed by atoms with E-state index in [9.17, 15) is 5.11 Å². The van der Waals surface area contributed by atoms with Gasteiger partial charge in [0.1, 0.15) is 5.75 Å². The van der Waals surface area contributed by atoms with E-state index in [1.165, 1.54) is 0 Å². The van der Waals surface area contributed by atoms with Crippen molar-refractivity contribution >= 4 is 0 Å². The predicted molar refractivity (Wildman–Crippen MR) is 96.8 cm³/mol. The molecule has 3 aromatic rings. The van der Waals surface area contributed by atoms with Gasteiger partial charge >= 0.3 is 0 Å². The molecule has 2 heterocycles. The van der Waals surface area contributed by atoms with Crippen molar-refractivity contribution in [1.29, 1.82) is 0 Å². The molecule has 0 saturated carbocycles. The number of phenolic OH excluding ortho intramolecular Hbond substituents is 1. The molecule has 0 aliphatic rings. The second kappa shape index (κ2) is 7.30. The number of unbranched alkanes of at least 4 members (excludes halogenated alkanes) is 1. The minimum absolute atomic E-state index is 0.289. The molecule has 0 bridgehead atoms. The second-order valence-corrected chi connectivity index (χ2v) is 5.85. The summed E-state index contributed by atoms with van der Waals surface area (Å²) >= 11 is 0. The topological polar surface area (TPSA) is 50.9 Å². The normalized spacial score (nSPS) is 10.9. The largest absolute Gasteiger partial charge is 0.507 e. The number of benzene rings is 1. The molecule has 2 aromatic heterocycles. The molecule has 0 amide bonds. The van der Waals surface area contributed by atoms with Gasteiger partial charge in [-0.3, -0.25) is 9.67 Å². The van der Waals surface area contributed by atoms with Crippen LogP contribution in [0, 0.1) is 0 Å². The Kier molecular flexibility index (Phi) is 4.94. The van der Waals surface area contributed by atoms with E-state index in [4.69, 9.17) is 5.10 Å². The highest BCUT2D eigenvalue weighted by atomic mass is 16.3. The molecule has 0 saturated heterocycles. The summed E-state index contributed by atoms with van der Waals surface area (Å²) in [7, 11) is 0. The van der Waals surface area contributed by atoms with E-state index in [0.717, 1.165) is 53.9 Å². The molecular weight excluding hydrogens is 298 g/mol. The number of pyridine rings is 1. The van der Waals surface area contributed by atoms with Crippen molar-refractivity contribution in [2.75, 3.05) is 0 Å². The van der Waals surface area contributed by atoms with Gasteiger partial charge in [-0.1, -0.05) is 38.5 Å². The summed E-state index contributed by atoms with van der Waals surface area (Å²) in [5.41, 5.74) is 5.01. The standard InChI is InChI=1S/C20H23N3O/c1-3-5-14-23-20(15-10-12-21-13-11-15)19(17(4-2)22-23)16-8-6-7-9-18(16)24/h6-13,24H,3-5,14H2,1-2H3. The zero-order chi connectivity index (χ0) is 16.9. The van der Waals surface area contributed by atoms with Crippen LogP contribution in [0.2, 0.25) is 0 Å². The van der Waals surface area contributed by atoms with Crippen LogP contribution >= 0.6 is 0 Å². The summed E-state index contributed by atoms with van der Waals surface area (Å²) in [6, 6.07) is 11.5. The lowest BCUT2D eigenvalue weighted by Gasteiger charge is -2.11. The Balaban J connectivity index is 2.26. The highest BCUT2D eigenvalue weighted by Gasteiger charge is 2.21. The van der Waals surface area contributed by atoms with Crippen LogP contribution in [0.3, 0.4) is 0 Å². The highest BCUT2D eigenvalue weighted by Crippen LogP contribution is 2.39. The van der Waals surface area contributed by atoms with E-state index in [1.54, 1.807) is 18.5 Å². The fraction of sp³-hybridized carbons (Fsp3) is 0.300. The maximum absolute atomic E-state index is 10.4. The van der Waals surface area contributed by atoms with Crippen LogP contribution in [0.5, 0.6) is 5.75 Å². The smallest absolute Gasteiger partial charge is 0.123 e. The summed E-state index contributed by atoms with van der Waals surface area (Å²) in [6.07, 6.45) is 6.60. The number of aromatic hydroxyl groups is 1. The Labute approximate surface area is 142 Å². The van der Waals surface area contributed by atoms with E-state index < -0.39 is 0 Å². The van der Waals surface area contributed by atoms with Crippen LogP contribution in [-0.2, 0) is 13.0 Å². The molecule has 4 nitrogen and oxygen atoms in total. The van der Waals surface area contributed by atoms with Crippen molar-refractivity contribution in [3.8, 4) is 28.1 Å². The first-order valence-corrected chi connectivity index (χ1v) is 8.54. The Morgan fingerprint density at radius 2 is 1.79 bits per heavy atom. The van der Waals surface area contributed by atoms with Gasteiger partial charge in [0.2, 0.25) is 0 Å². The van der Waals surface area contributed by atoms with Gasteiger partial charge in [0.05, 0.1) is 11.4 Å². The minimum Gasteiger partial charge on any atom is -0.507 e. The Hall–Kier alpha value is -2.62. The molecule has 24 heavy (non-hydrogen) atoms. The van der Waals surface area contributed by atoms with Gasteiger partial charge in [0.25, 0.3) is 0 Å². The van der Waals surface area contributed by atoms with Gasteiger partial charge in [0, 0.05) is 35.6 Å². The third-order valence-electron chi connectivity index (χ3n) is 4.21. The van der Waals surface area contributed by atoms with Crippen molar-refractivity contribution in [2.24, 2.45) is 0 Å². The average molecular weight is 321 g/mol. The van der Waals surface area contributed by atoms with Crippen molar-refractivity contribution in [3.05, 3.63) is 54.5 Å². The average Bonchev–Trinajstić information content (AvgIpc) is 2.99. The number of hydrogen-bond donors (Lipinski definition) is 1. The zero-order valence-corrected chi connectivity index (χ0v) is 14.2. The number of para-hydroxylation sites is 1. The third kappa shape index (κ3) is 3.04. The van der Waals surface area contributed by atoms with Crippen LogP contribution in [0.1, 0.15) is 32.4 Å². The monoisotopic (exact) mass is 321 g/mol. The van der Waals surface area contributed by atoms with Gasteiger partial charge < -0.3 is 5.11 Å². The van der Waals surface area contributed by atoms with Gasteiger partial charge in [-0.2, -0.15) is 5.10 Å². The molecule has 1 N–H and O–H groups in total. The van der Waals surface area contributed by atoms with Crippen LogP contribution in [-0.4, -0.2) is 19.9 Å². The molecule has 4 heteroatoms. The van der Waals surface area contributed by atoms with Gasteiger partial charge in [-0.05, 0) is 31.0 Å². The maximum Gasteiger partial charge on any atom is 0.123 e.